The number of piperidine rings is 1. The zero-order valence-electron chi connectivity index (χ0n) is 13.0. The molecule has 2 rings (SSSR count). The van der Waals surface area contributed by atoms with Gasteiger partial charge >= 0.3 is 0 Å². The number of hydrogen-bond donors (Lipinski definition) is 1. The van der Waals surface area contributed by atoms with Gasteiger partial charge in [-0.05, 0) is 57.9 Å². The summed E-state index contributed by atoms with van der Waals surface area (Å²) in [5.74, 6) is 0. The molecule has 0 bridgehead atoms. The second-order valence-electron chi connectivity index (χ2n) is 6.88. The maximum absolute atomic E-state index is 3.67. The summed E-state index contributed by atoms with van der Waals surface area (Å²) in [4.78, 5) is 2.64. The molecule has 1 aromatic rings. The van der Waals surface area contributed by atoms with E-state index in [0.29, 0.717) is 6.04 Å². The SMILES string of the molecule is CC(C)(C)NCC1CCCCN1Cc1ccc(Br)cc1. The van der Waals surface area contributed by atoms with Crippen LogP contribution in [0.25, 0.3) is 0 Å². The van der Waals surface area contributed by atoms with E-state index in [-0.39, 0.29) is 5.54 Å². The molecule has 1 aromatic carbocycles. The van der Waals surface area contributed by atoms with Crippen molar-refractivity contribution in [1.82, 2.24) is 10.2 Å². The molecule has 1 fully saturated rings. The van der Waals surface area contributed by atoms with Crippen LogP contribution in [0.4, 0.5) is 0 Å². The molecule has 1 saturated heterocycles. The van der Waals surface area contributed by atoms with Crippen LogP contribution in [0.15, 0.2) is 28.7 Å². The van der Waals surface area contributed by atoms with E-state index in [4.69, 9.17) is 0 Å². The minimum absolute atomic E-state index is 0.209. The van der Waals surface area contributed by atoms with E-state index in [0.717, 1.165) is 17.6 Å². The Morgan fingerprint density at radius 2 is 1.90 bits per heavy atom. The largest absolute Gasteiger partial charge is 0.311 e. The second kappa shape index (κ2) is 7.06. The minimum Gasteiger partial charge on any atom is -0.311 e. The van der Waals surface area contributed by atoms with Gasteiger partial charge in [0.25, 0.3) is 0 Å². The van der Waals surface area contributed by atoms with E-state index in [9.17, 15) is 0 Å². The van der Waals surface area contributed by atoms with Gasteiger partial charge in [-0.2, -0.15) is 0 Å². The monoisotopic (exact) mass is 338 g/mol. The second-order valence-corrected chi connectivity index (χ2v) is 7.79. The summed E-state index contributed by atoms with van der Waals surface area (Å²) >= 11 is 3.51. The summed E-state index contributed by atoms with van der Waals surface area (Å²) in [7, 11) is 0. The number of nitrogens with zero attached hydrogens (tertiary/aromatic N) is 1. The van der Waals surface area contributed by atoms with Crippen molar-refractivity contribution in [3.05, 3.63) is 34.3 Å². The lowest BCUT2D eigenvalue weighted by atomic mass is 9.99. The maximum atomic E-state index is 3.67. The van der Waals surface area contributed by atoms with E-state index >= 15 is 0 Å². The lowest BCUT2D eigenvalue weighted by Gasteiger charge is -2.37. The van der Waals surface area contributed by atoms with Gasteiger partial charge in [0.1, 0.15) is 0 Å². The molecule has 0 amide bonds. The summed E-state index contributed by atoms with van der Waals surface area (Å²) in [6, 6.07) is 9.41. The maximum Gasteiger partial charge on any atom is 0.0237 e. The number of hydrogen-bond acceptors (Lipinski definition) is 2. The van der Waals surface area contributed by atoms with Crippen molar-refractivity contribution in [3.63, 3.8) is 0 Å². The van der Waals surface area contributed by atoms with Gasteiger partial charge in [-0.1, -0.05) is 34.5 Å². The molecular weight excluding hydrogens is 312 g/mol. The Morgan fingerprint density at radius 1 is 1.20 bits per heavy atom. The predicted octanol–water partition coefficient (Wildman–Crippen LogP) is 4.19. The van der Waals surface area contributed by atoms with Crippen molar-refractivity contribution < 1.29 is 0 Å². The molecule has 1 atom stereocenters. The van der Waals surface area contributed by atoms with Gasteiger partial charge < -0.3 is 5.32 Å². The lowest BCUT2D eigenvalue weighted by molar-refractivity contribution is 0.131. The van der Waals surface area contributed by atoms with Crippen molar-refractivity contribution in [1.29, 1.82) is 0 Å². The molecule has 112 valence electrons. The van der Waals surface area contributed by atoms with Crippen molar-refractivity contribution >= 4 is 15.9 Å². The Morgan fingerprint density at radius 3 is 2.55 bits per heavy atom. The third kappa shape index (κ3) is 5.19. The summed E-state index contributed by atoms with van der Waals surface area (Å²) in [5.41, 5.74) is 1.62. The molecule has 0 aromatic heterocycles. The molecule has 0 radical (unpaired) electrons. The van der Waals surface area contributed by atoms with Crippen LogP contribution in [0.5, 0.6) is 0 Å². The predicted molar refractivity (Wildman–Crippen MR) is 89.9 cm³/mol. The molecule has 0 spiro atoms. The van der Waals surface area contributed by atoms with Crippen LogP contribution in [-0.2, 0) is 6.54 Å². The smallest absolute Gasteiger partial charge is 0.0237 e. The fraction of sp³-hybridized carbons (Fsp3) is 0.647. The lowest BCUT2D eigenvalue weighted by Crippen LogP contribution is -2.49. The van der Waals surface area contributed by atoms with E-state index in [1.165, 1.54) is 31.4 Å². The highest BCUT2D eigenvalue weighted by Gasteiger charge is 2.23. The fourth-order valence-corrected chi connectivity index (χ4v) is 3.01. The first-order chi connectivity index (χ1) is 9.44. The first-order valence-corrected chi connectivity index (χ1v) is 8.47. The van der Waals surface area contributed by atoms with Crippen LogP contribution in [0.2, 0.25) is 0 Å². The quantitative estimate of drug-likeness (QED) is 0.885. The summed E-state index contributed by atoms with van der Waals surface area (Å²) in [6.45, 7) is 10.1. The minimum atomic E-state index is 0.209. The first-order valence-electron chi connectivity index (χ1n) is 7.67. The third-order valence-electron chi connectivity index (χ3n) is 3.92. The molecule has 0 saturated carbocycles. The fourth-order valence-electron chi connectivity index (χ4n) is 2.75. The Labute approximate surface area is 132 Å². The topological polar surface area (TPSA) is 15.3 Å². The van der Waals surface area contributed by atoms with Crippen molar-refractivity contribution in [3.8, 4) is 0 Å². The zero-order chi connectivity index (χ0) is 14.6. The summed E-state index contributed by atoms with van der Waals surface area (Å²) < 4.78 is 1.16. The van der Waals surface area contributed by atoms with E-state index < -0.39 is 0 Å². The van der Waals surface area contributed by atoms with Crippen LogP contribution in [0.3, 0.4) is 0 Å². The number of benzene rings is 1. The van der Waals surface area contributed by atoms with Crippen LogP contribution in [0, 0.1) is 0 Å². The molecule has 1 N–H and O–H groups in total. The molecule has 1 unspecified atom stereocenters. The number of nitrogens with one attached hydrogen (secondary N) is 1. The molecule has 1 aliphatic heterocycles. The van der Waals surface area contributed by atoms with Gasteiger partial charge in [-0.25, -0.2) is 0 Å². The highest BCUT2D eigenvalue weighted by molar-refractivity contribution is 9.10. The molecule has 3 heteroatoms. The van der Waals surface area contributed by atoms with Crippen molar-refractivity contribution in [2.45, 2.75) is 58.2 Å². The number of halogens is 1. The highest BCUT2D eigenvalue weighted by atomic mass is 79.9. The van der Waals surface area contributed by atoms with Gasteiger partial charge in [0.05, 0.1) is 0 Å². The van der Waals surface area contributed by atoms with Gasteiger partial charge in [0, 0.05) is 29.1 Å². The van der Waals surface area contributed by atoms with E-state index in [1.54, 1.807) is 0 Å². The first kappa shape index (κ1) is 16.0. The molecule has 20 heavy (non-hydrogen) atoms. The Hall–Kier alpha value is -0.380. The van der Waals surface area contributed by atoms with Crippen molar-refractivity contribution in [2.75, 3.05) is 13.1 Å². The standard InChI is InChI=1S/C17H27BrN2/c1-17(2,3)19-12-16-6-4-5-11-20(16)13-14-7-9-15(18)10-8-14/h7-10,16,19H,4-6,11-13H2,1-3H3. The normalized spacial score (nSPS) is 21.1. The van der Waals surface area contributed by atoms with Crippen molar-refractivity contribution in [2.24, 2.45) is 0 Å². The molecule has 0 aliphatic carbocycles. The average Bonchev–Trinajstić information content (AvgIpc) is 2.39. The third-order valence-corrected chi connectivity index (χ3v) is 4.44. The van der Waals surface area contributed by atoms with Gasteiger partial charge in [0.2, 0.25) is 0 Å². The molecular formula is C17H27BrN2. The van der Waals surface area contributed by atoms with Crippen LogP contribution >= 0.6 is 15.9 Å². The van der Waals surface area contributed by atoms with Gasteiger partial charge in [-0.3, -0.25) is 4.90 Å². The van der Waals surface area contributed by atoms with Gasteiger partial charge in [0.15, 0.2) is 0 Å². The van der Waals surface area contributed by atoms with E-state index in [1.807, 2.05) is 0 Å². The number of likely N-dealkylation sites (tertiary alicyclic amines) is 1. The van der Waals surface area contributed by atoms with Crippen LogP contribution < -0.4 is 5.32 Å². The number of rotatable bonds is 4. The van der Waals surface area contributed by atoms with Crippen LogP contribution in [-0.4, -0.2) is 29.6 Å². The van der Waals surface area contributed by atoms with Crippen LogP contribution in [0.1, 0.15) is 45.6 Å². The van der Waals surface area contributed by atoms with Gasteiger partial charge in [-0.15, -0.1) is 0 Å². The molecule has 2 nitrogen and oxygen atoms in total. The molecule has 1 aliphatic rings. The Bertz CT molecular complexity index is 408. The molecule has 1 heterocycles. The zero-order valence-corrected chi connectivity index (χ0v) is 14.5. The summed E-state index contributed by atoms with van der Waals surface area (Å²) in [5, 5.41) is 3.67. The Kier molecular flexibility index (Phi) is 5.65. The average molecular weight is 339 g/mol. The van der Waals surface area contributed by atoms with E-state index in [2.05, 4.69) is 71.2 Å². The summed E-state index contributed by atoms with van der Waals surface area (Å²) in [6.07, 6.45) is 4.02. The highest BCUT2D eigenvalue weighted by Crippen LogP contribution is 2.20. The Balaban J connectivity index is 1.94.